The maximum atomic E-state index is 13.4. The molecule has 0 aliphatic heterocycles. The Morgan fingerprint density at radius 3 is 2.76 bits per heavy atom. The lowest BCUT2D eigenvalue weighted by Crippen LogP contribution is -2.19. The topological polar surface area (TPSA) is 21.3 Å². The van der Waals surface area contributed by atoms with Crippen LogP contribution in [0.5, 0.6) is 5.75 Å². The fourth-order valence-electron chi connectivity index (χ4n) is 2.29. The van der Waals surface area contributed by atoms with Gasteiger partial charge in [0.15, 0.2) is 0 Å². The predicted molar refractivity (Wildman–Crippen MR) is 84.5 cm³/mol. The Morgan fingerprint density at radius 1 is 1.24 bits per heavy atom. The summed E-state index contributed by atoms with van der Waals surface area (Å²) in [6.07, 6.45) is 0.614. The molecule has 1 unspecified atom stereocenters. The lowest BCUT2D eigenvalue weighted by atomic mass is 9.98. The molecule has 21 heavy (non-hydrogen) atoms. The third kappa shape index (κ3) is 4.19. The molecule has 0 heterocycles. The monoisotopic (exact) mass is 307 g/mol. The van der Waals surface area contributed by atoms with Gasteiger partial charge < -0.3 is 10.1 Å². The summed E-state index contributed by atoms with van der Waals surface area (Å²) in [6, 6.07) is 12.4. The van der Waals surface area contributed by atoms with E-state index in [1.54, 1.807) is 6.07 Å². The molecule has 2 rings (SSSR count). The van der Waals surface area contributed by atoms with Crippen molar-refractivity contribution < 1.29 is 9.13 Å². The van der Waals surface area contributed by atoms with Gasteiger partial charge in [-0.2, -0.15) is 0 Å². The fraction of sp³-hybridized carbons (Fsp3) is 0.294. The van der Waals surface area contributed by atoms with E-state index in [0.717, 1.165) is 16.9 Å². The number of hydrogen-bond donors (Lipinski definition) is 1. The first kappa shape index (κ1) is 15.8. The summed E-state index contributed by atoms with van der Waals surface area (Å²) in [5.74, 6) is 0.563. The number of rotatable bonds is 6. The summed E-state index contributed by atoms with van der Waals surface area (Å²) in [5.41, 5.74) is 1.88. The van der Waals surface area contributed by atoms with Crippen LogP contribution >= 0.6 is 11.6 Å². The van der Waals surface area contributed by atoms with E-state index in [2.05, 4.69) is 5.32 Å². The van der Waals surface area contributed by atoms with E-state index in [-0.39, 0.29) is 11.9 Å². The van der Waals surface area contributed by atoms with Gasteiger partial charge in [0.1, 0.15) is 11.6 Å². The van der Waals surface area contributed by atoms with Crippen LogP contribution in [0.3, 0.4) is 0 Å². The molecule has 0 bridgehead atoms. The lowest BCUT2D eigenvalue weighted by Gasteiger charge is -2.18. The number of benzene rings is 2. The molecule has 0 aliphatic rings. The van der Waals surface area contributed by atoms with E-state index in [1.165, 1.54) is 12.1 Å². The number of likely N-dealkylation sites (N-methyl/N-ethyl adjacent to an activating group) is 1. The quantitative estimate of drug-likeness (QED) is 0.855. The summed E-state index contributed by atoms with van der Waals surface area (Å²) >= 11 is 6.15. The zero-order valence-electron chi connectivity index (χ0n) is 12.2. The summed E-state index contributed by atoms with van der Waals surface area (Å²) in [6.45, 7) is 2.58. The molecule has 1 N–H and O–H groups in total. The van der Waals surface area contributed by atoms with Crippen LogP contribution in [0.1, 0.15) is 24.1 Å². The van der Waals surface area contributed by atoms with E-state index in [0.29, 0.717) is 18.1 Å². The number of nitrogens with one attached hydrogen (secondary N) is 1. The number of halogens is 2. The maximum Gasteiger partial charge on any atom is 0.123 e. The van der Waals surface area contributed by atoms with Gasteiger partial charge in [0.25, 0.3) is 0 Å². The van der Waals surface area contributed by atoms with E-state index in [4.69, 9.17) is 16.3 Å². The van der Waals surface area contributed by atoms with E-state index in [9.17, 15) is 4.39 Å². The highest BCUT2D eigenvalue weighted by atomic mass is 35.5. The highest BCUT2D eigenvalue weighted by molar-refractivity contribution is 6.31. The molecule has 0 aromatic heterocycles. The molecule has 4 heteroatoms. The Balaban J connectivity index is 2.23. The van der Waals surface area contributed by atoms with Gasteiger partial charge in [-0.1, -0.05) is 23.7 Å². The minimum absolute atomic E-state index is 0.0460. The normalized spacial score (nSPS) is 12.2. The SMILES string of the molecule is CCOc1cccc(C(Cc2cc(F)ccc2Cl)NC)c1. The number of hydrogen-bond acceptors (Lipinski definition) is 2. The molecule has 0 spiro atoms. The molecular weight excluding hydrogens is 289 g/mol. The van der Waals surface area contributed by atoms with Crippen LogP contribution in [0.25, 0.3) is 0 Å². The second-order valence-electron chi connectivity index (χ2n) is 4.79. The summed E-state index contributed by atoms with van der Waals surface area (Å²) in [4.78, 5) is 0. The summed E-state index contributed by atoms with van der Waals surface area (Å²) < 4.78 is 18.9. The minimum atomic E-state index is -0.271. The van der Waals surface area contributed by atoms with Crippen molar-refractivity contribution in [3.63, 3.8) is 0 Å². The van der Waals surface area contributed by atoms with Gasteiger partial charge >= 0.3 is 0 Å². The van der Waals surface area contributed by atoms with Crippen LogP contribution in [-0.2, 0) is 6.42 Å². The first-order valence-corrected chi connectivity index (χ1v) is 7.35. The van der Waals surface area contributed by atoms with Gasteiger partial charge in [0.05, 0.1) is 6.61 Å². The molecule has 2 aromatic rings. The Bertz CT molecular complexity index is 603. The summed E-state index contributed by atoms with van der Waals surface area (Å²) in [5, 5.41) is 3.83. The standard InChI is InChI=1S/C17H19ClFNO/c1-3-21-15-6-4-5-12(10-15)17(20-2)11-13-9-14(19)7-8-16(13)18/h4-10,17,20H,3,11H2,1-2H3. The van der Waals surface area contributed by atoms with Crippen LogP contribution < -0.4 is 10.1 Å². The second kappa shape index (κ2) is 7.43. The molecule has 0 saturated heterocycles. The molecule has 0 saturated carbocycles. The van der Waals surface area contributed by atoms with Crippen LogP contribution in [0.2, 0.25) is 5.02 Å². The van der Waals surface area contributed by atoms with Crippen LogP contribution in [0, 0.1) is 5.82 Å². The second-order valence-corrected chi connectivity index (χ2v) is 5.19. The molecule has 0 aliphatic carbocycles. The first-order valence-electron chi connectivity index (χ1n) is 6.98. The van der Waals surface area contributed by atoms with Crippen LogP contribution in [0.4, 0.5) is 4.39 Å². The van der Waals surface area contributed by atoms with E-state index < -0.39 is 0 Å². The molecule has 0 amide bonds. The van der Waals surface area contributed by atoms with Crippen molar-refractivity contribution in [3.8, 4) is 5.75 Å². The lowest BCUT2D eigenvalue weighted by molar-refractivity contribution is 0.339. The first-order chi connectivity index (χ1) is 10.1. The van der Waals surface area contributed by atoms with Crippen molar-refractivity contribution in [3.05, 3.63) is 64.4 Å². The van der Waals surface area contributed by atoms with Crippen molar-refractivity contribution in [2.45, 2.75) is 19.4 Å². The molecule has 112 valence electrons. The van der Waals surface area contributed by atoms with Gasteiger partial charge in [-0.05, 0) is 61.9 Å². The van der Waals surface area contributed by atoms with Crippen molar-refractivity contribution in [1.29, 1.82) is 0 Å². The maximum absolute atomic E-state index is 13.4. The minimum Gasteiger partial charge on any atom is -0.494 e. The van der Waals surface area contributed by atoms with Gasteiger partial charge in [0, 0.05) is 11.1 Å². The zero-order valence-corrected chi connectivity index (χ0v) is 13.0. The van der Waals surface area contributed by atoms with Crippen LogP contribution in [-0.4, -0.2) is 13.7 Å². The van der Waals surface area contributed by atoms with Gasteiger partial charge in [-0.25, -0.2) is 4.39 Å². The van der Waals surface area contributed by atoms with Crippen molar-refractivity contribution in [2.24, 2.45) is 0 Å². The van der Waals surface area contributed by atoms with E-state index in [1.807, 2.05) is 38.2 Å². The Morgan fingerprint density at radius 2 is 2.05 bits per heavy atom. The van der Waals surface area contributed by atoms with Gasteiger partial charge in [-0.3, -0.25) is 0 Å². The fourth-order valence-corrected chi connectivity index (χ4v) is 2.49. The zero-order chi connectivity index (χ0) is 15.2. The summed E-state index contributed by atoms with van der Waals surface area (Å²) in [7, 11) is 1.88. The smallest absolute Gasteiger partial charge is 0.123 e. The van der Waals surface area contributed by atoms with Crippen molar-refractivity contribution >= 4 is 11.6 Å². The predicted octanol–water partition coefficient (Wildman–Crippen LogP) is 4.38. The number of ether oxygens (including phenoxy) is 1. The average molecular weight is 308 g/mol. The molecule has 2 nitrogen and oxygen atoms in total. The Kier molecular flexibility index (Phi) is 5.59. The average Bonchev–Trinajstić information content (AvgIpc) is 2.49. The third-order valence-corrected chi connectivity index (χ3v) is 3.72. The Labute approximate surface area is 129 Å². The van der Waals surface area contributed by atoms with Crippen molar-refractivity contribution in [1.82, 2.24) is 5.32 Å². The molecule has 1 atom stereocenters. The van der Waals surface area contributed by atoms with Crippen molar-refractivity contribution in [2.75, 3.05) is 13.7 Å². The Hall–Kier alpha value is -1.58. The molecule has 0 radical (unpaired) electrons. The van der Waals surface area contributed by atoms with Gasteiger partial charge in [-0.15, -0.1) is 0 Å². The highest BCUT2D eigenvalue weighted by Gasteiger charge is 2.13. The van der Waals surface area contributed by atoms with Gasteiger partial charge in [0.2, 0.25) is 0 Å². The third-order valence-electron chi connectivity index (χ3n) is 3.35. The van der Waals surface area contributed by atoms with Crippen LogP contribution in [0.15, 0.2) is 42.5 Å². The van der Waals surface area contributed by atoms with E-state index >= 15 is 0 Å². The largest absolute Gasteiger partial charge is 0.494 e. The molecule has 2 aromatic carbocycles. The molecular formula is C17H19ClFNO. The molecule has 0 fully saturated rings. The highest BCUT2D eigenvalue weighted by Crippen LogP contribution is 2.26.